The van der Waals surface area contributed by atoms with E-state index in [-0.39, 0.29) is 6.04 Å². The van der Waals surface area contributed by atoms with Crippen molar-refractivity contribution >= 4 is 0 Å². The van der Waals surface area contributed by atoms with E-state index >= 15 is 0 Å². The number of rotatable bonds is 7. The molecule has 0 aromatic heterocycles. The average molecular weight is 188 g/mol. The van der Waals surface area contributed by atoms with Gasteiger partial charge < -0.3 is 10.5 Å². The lowest BCUT2D eigenvalue weighted by Gasteiger charge is -2.22. The smallest absolute Gasteiger partial charge is 0.0293 e. The van der Waals surface area contributed by atoms with Crippen LogP contribution in [0.2, 0.25) is 0 Å². The van der Waals surface area contributed by atoms with E-state index in [1.54, 1.807) is 0 Å². The molecule has 0 amide bonds. The lowest BCUT2D eigenvalue weighted by molar-refractivity contribution is -0.118. The molecular weight excluding hydrogens is 164 g/mol. The summed E-state index contributed by atoms with van der Waals surface area (Å²) in [5.41, 5.74) is 0. The van der Waals surface area contributed by atoms with Crippen LogP contribution in [0.5, 0.6) is 0 Å². The van der Waals surface area contributed by atoms with Crippen molar-refractivity contribution in [2.45, 2.75) is 52.1 Å². The fraction of sp³-hybridized carbons (Fsp3) is 1.00. The van der Waals surface area contributed by atoms with Gasteiger partial charge in [-0.3, -0.25) is 0 Å². The molecule has 0 saturated carbocycles. The number of nitrogens with zero attached hydrogens (tertiary/aromatic N) is 1. The second kappa shape index (κ2) is 7.30. The predicted molar refractivity (Wildman–Crippen MR) is 56.0 cm³/mol. The molecule has 3 heteroatoms. The molecule has 1 unspecified atom stereocenters. The minimum atomic E-state index is 0.221. The summed E-state index contributed by atoms with van der Waals surface area (Å²) in [6.07, 6.45) is 3.39. The topological polar surface area (TPSA) is 35.5 Å². The lowest BCUT2D eigenvalue weighted by Crippen LogP contribution is -2.34. The van der Waals surface area contributed by atoms with Crippen LogP contribution in [0.25, 0.3) is 0 Å². The molecule has 0 aliphatic rings. The Hall–Kier alpha value is -0.120. The maximum absolute atomic E-state index is 9.44. The van der Waals surface area contributed by atoms with E-state index in [1.165, 1.54) is 17.9 Å². The first kappa shape index (κ1) is 12.9. The van der Waals surface area contributed by atoms with Crippen molar-refractivity contribution in [1.29, 1.82) is 0 Å². The van der Waals surface area contributed by atoms with Gasteiger partial charge in [-0.05, 0) is 33.7 Å². The van der Waals surface area contributed by atoms with Crippen LogP contribution in [0, 0.1) is 0 Å². The van der Waals surface area contributed by atoms with E-state index in [0.717, 1.165) is 13.0 Å². The Bertz CT molecular complexity index is 117. The third kappa shape index (κ3) is 6.02. The molecule has 0 heterocycles. The van der Waals surface area contributed by atoms with Crippen LogP contribution >= 0.6 is 0 Å². The molecule has 0 rings (SSSR count). The quantitative estimate of drug-likeness (QED) is 0.599. The molecule has 0 bridgehead atoms. The zero-order valence-electron chi connectivity index (χ0n) is 9.38. The molecule has 1 atom stereocenters. The van der Waals surface area contributed by atoms with Crippen LogP contribution < -0.4 is 5.32 Å². The normalized spacial score (nSPS) is 14.1. The van der Waals surface area contributed by atoms with Crippen molar-refractivity contribution in [2.24, 2.45) is 0 Å². The average Bonchev–Trinajstić information content (AvgIpc) is 2.11. The van der Waals surface area contributed by atoms with E-state index in [1.807, 2.05) is 20.9 Å². The zero-order chi connectivity index (χ0) is 10.3. The van der Waals surface area contributed by atoms with Gasteiger partial charge in [-0.25, -0.2) is 0 Å². The third-order valence-electron chi connectivity index (χ3n) is 2.35. The van der Waals surface area contributed by atoms with Crippen LogP contribution in [0.1, 0.15) is 40.0 Å². The van der Waals surface area contributed by atoms with Crippen LogP contribution in [0.15, 0.2) is 0 Å². The summed E-state index contributed by atoms with van der Waals surface area (Å²) < 4.78 is 0. The maximum atomic E-state index is 9.44. The molecule has 0 aliphatic carbocycles. The highest BCUT2D eigenvalue weighted by atomic mass is 16.5. The number of hydroxylamine groups is 2. The van der Waals surface area contributed by atoms with E-state index in [4.69, 9.17) is 0 Å². The molecule has 3 nitrogen and oxygen atoms in total. The highest BCUT2D eigenvalue weighted by Crippen LogP contribution is 2.03. The molecule has 0 radical (unpaired) electrons. The van der Waals surface area contributed by atoms with Gasteiger partial charge in [0.1, 0.15) is 0 Å². The molecule has 0 aromatic rings. The van der Waals surface area contributed by atoms with E-state index < -0.39 is 0 Å². The number of nitrogens with one attached hydrogen (secondary N) is 1. The Kier molecular flexibility index (Phi) is 7.23. The Morgan fingerprint density at radius 2 is 1.92 bits per heavy atom. The molecule has 13 heavy (non-hydrogen) atoms. The zero-order valence-corrected chi connectivity index (χ0v) is 9.38. The van der Waals surface area contributed by atoms with Crippen molar-refractivity contribution in [1.82, 2.24) is 10.4 Å². The Balaban J connectivity index is 3.58. The number of hydrogen-bond donors (Lipinski definition) is 2. The van der Waals surface area contributed by atoms with Gasteiger partial charge in [0.2, 0.25) is 0 Å². The van der Waals surface area contributed by atoms with Gasteiger partial charge in [0.15, 0.2) is 0 Å². The van der Waals surface area contributed by atoms with Crippen molar-refractivity contribution in [3.8, 4) is 0 Å². The molecule has 0 spiro atoms. The summed E-state index contributed by atoms with van der Waals surface area (Å²) in [7, 11) is 1.98. The maximum Gasteiger partial charge on any atom is 0.0293 e. The summed E-state index contributed by atoms with van der Waals surface area (Å²) in [6.45, 7) is 6.93. The Labute approximate surface area is 82.1 Å². The second-order valence-electron chi connectivity index (χ2n) is 3.82. The summed E-state index contributed by atoms with van der Waals surface area (Å²) in [6, 6.07) is 0.762. The minimum Gasteiger partial charge on any atom is -0.317 e. The minimum absolute atomic E-state index is 0.221. The summed E-state index contributed by atoms with van der Waals surface area (Å²) in [4.78, 5) is 0. The van der Waals surface area contributed by atoms with Crippen molar-refractivity contribution in [3.05, 3.63) is 0 Å². The fourth-order valence-corrected chi connectivity index (χ4v) is 1.33. The first-order chi connectivity index (χ1) is 6.11. The van der Waals surface area contributed by atoms with Crippen molar-refractivity contribution in [3.63, 3.8) is 0 Å². The molecule has 80 valence electrons. The fourth-order valence-electron chi connectivity index (χ4n) is 1.33. The van der Waals surface area contributed by atoms with Crippen LogP contribution in [0.4, 0.5) is 0 Å². The van der Waals surface area contributed by atoms with Crippen molar-refractivity contribution in [2.75, 3.05) is 13.6 Å². The van der Waals surface area contributed by atoms with Gasteiger partial charge >= 0.3 is 0 Å². The predicted octanol–water partition coefficient (Wildman–Crippen LogP) is 1.86. The SMILES string of the molecule is CCCC(CCN(O)C(C)C)NC. The molecular formula is C10H24N2O. The third-order valence-corrected chi connectivity index (χ3v) is 2.35. The van der Waals surface area contributed by atoms with E-state index in [9.17, 15) is 5.21 Å². The lowest BCUT2D eigenvalue weighted by atomic mass is 10.1. The molecule has 2 N–H and O–H groups in total. The van der Waals surface area contributed by atoms with Gasteiger partial charge in [0, 0.05) is 18.6 Å². The van der Waals surface area contributed by atoms with E-state index in [0.29, 0.717) is 6.04 Å². The Morgan fingerprint density at radius 3 is 2.31 bits per heavy atom. The van der Waals surface area contributed by atoms with Crippen LogP contribution in [-0.2, 0) is 0 Å². The largest absolute Gasteiger partial charge is 0.317 e. The number of hydrogen-bond acceptors (Lipinski definition) is 3. The van der Waals surface area contributed by atoms with Gasteiger partial charge in [-0.15, -0.1) is 0 Å². The standard InChI is InChI=1S/C10H24N2O/c1-5-6-10(11-4)7-8-12(13)9(2)3/h9-11,13H,5-8H2,1-4H3. The van der Waals surface area contributed by atoms with Crippen molar-refractivity contribution < 1.29 is 5.21 Å². The van der Waals surface area contributed by atoms with Crippen LogP contribution in [0.3, 0.4) is 0 Å². The van der Waals surface area contributed by atoms with Gasteiger partial charge in [-0.2, -0.15) is 5.06 Å². The monoisotopic (exact) mass is 188 g/mol. The molecule has 0 saturated heterocycles. The first-order valence-electron chi connectivity index (χ1n) is 5.24. The highest BCUT2D eigenvalue weighted by molar-refractivity contribution is 4.65. The van der Waals surface area contributed by atoms with Crippen LogP contribution in [-0.4, -0.2) is 35.9 Å². The summed E-state index contributed by atoms with van der Waals surface area (Å²) in [5.74, 6) is 0. The summed E-state index contributed by atoms with van der Waals surface area (Å²) in [5, 5.41) is 14.1. The highest BCUT2D eigenvalue weighted by Gasteiger charge is 2.09. The summed E-state index contributed by atoms with van der Waals surface area (Å²) >= 11 is 0. The van der Waals surface area contributed by atoms with Gasteiger partial charge in [-0.1, -0.05) is 13.3 Å². The molecule has 0 aromatic carbocycles. The van der Waals surface area contributed by atoms with E-state index in [2.05, 4.69) is 12.2 Å². The molecule has 0 fully saturated rings. The molecule has 0 aliphatic heterocycles. The van der Waals surface area contributed by atoms with Gasteiger partial charge in [0.05, 0.1) is 0 Å². The second-order valence-corrected chi connectivity index (χ2v) is 3.82. The first-order valence-corrected chi connectivity index (χ1v) is 5.24. The Morgan fingerprint density at radius 1 is 1.31 bits per heavy atom. The van der Waals surface area contributed by atoms with Gasteiger partial charge in [0.25, 0.3) is 0 Å².